The van der Waals surface area contributed by atoms with Crippen molar-refractivity contribution in [2.24, 2.45) is 0 Å². The van der Waals surface area contributed by atoms with Gasteiger partial charge in [-0.15, -0.1) is 11.8 Å². The summed E-state index contributed by atoms with van der Waals surface area (Å²) in [7, 11) is 0. The molecule has 0 saturated heterocycles. The average molecular weight is 264 g/mol. The quantitative estimate of drug-likeness (QED) is 0.805. The maximum atomic E-state index is 5.85. The third-order valence-corrected chi connectivity index (χ3v) is 3.55. The molecule has 0 aromatic heterocycles. The summed E-state index contributed by atoms with van der Waals surface area (Å²) in [5, 5.41) is 4.21. The molecule has 0 spiro atoms. The van der Waals surface area contributed by atoms with E-state index in [9.17, 15) is 0 Å². The Morgan fingerprint density at radius 2 is 1.76 bits per heavy atom. The SMILES string of the molecule is CSc1ccccc1NCc1ccc(Cl)cc1. The molecule has 1 nitrogen and oxygen atoms in total. The molecular formula is C14H14ClNS. The van der Waals surface area contributed by atoms with E-state index in [2.05, 4.69) is 29.8 Å². The molecule has 2 aromatic rings. The monoisotopic (exact) mass is 263 g/mol. The summed E-state index contributed by atoms with van der Waals surface area (Å²) in [5.74, 6) is 0. The molecule has 3 heteroatoms. The van der Waals surface area contributed by atoms with Crippen molar-refractivity contribution in [3.05, 3.63) is 59.1 Å². The van der Waals surface area contributed by atoms with E-state index < -0.39 is 0 Å². The van der Waals surface area contributed by atoms with Gasteiger partial charge < -0.3 is 5.32 Å². The molecule has 17 heavy (non-hydrogen) atoms. The molecule has 0 heterocycles. The van der Waals surface area contributed by atoms with Crippen LogP contribution in [0.4, 0.5) is 5.69 Å². The second-order valence-electron chi connectivity index (χ2n) is 3.68. The molecular weight excluding hydrogens is 250 g/mol. The molecule has 1 N–H and O–H groups in total. The van der Waals surface area contributed by atoms with Gasteiger partial charge in [0.25, 0.3) is 0 Å². The molecule has 2 rings (SSSR count). The Kier molecular flexibility index (Phi) is 4.35. The Bertz CT molecular complexity index is 482. The van der Waals surface area contributed by atoms with Gasteiger partial charge in [-0.1, -0.05) is 35.9 Å². The van der Waals surface area contributed by atoms with Crippen molar-refractivity contribution in [2.75, 3.05) is 11.6 Å². The van der Waals surface area contributed by atoms with Crippen LogP contribution in [0.1, 0.15) is 5.56 Å². The van der Waals surface area contributed by atoms with E-state index in [1.54, 1.807) is 11.8 Å². The predicted octanol–water partition coefficient (Wildman–Crippen LogP) is 4.67. The zero-order valence-corrected chi connectivity index (χ0v) is 11.2. The van der Waals surface area contributed by atoms with Crippen molar-refractivity contribution < 1.29 is 0 Å². The fourth-order valence-corrected chi connectivity index (χ4v) is 2.29. The number of rotatable bonds is 4. The first-order valence-corrected chi connectivity index (χ1v) is 7.01. The van der Waals surface area contributed by atoms with E-state index in [0.717, 1.165) is 11.6 Å². The molecule has 2 aromatic carbocycles. The van der Waals surface area contributed by atoms with E-state index in [0.29, 0.717) is 0 Å². The molecule has 0 aliphatic carbocycles. The van der Waals surface area contributed by atoms with Gasteiger partial charge in [-0.25, -0.2) is 0 Å². The van der Waals surface area contributed by atoms with Gasteiger partial charge in [0.05, 0.1) is 0 Å². The maximum absolute atomic E-state index is 5.85. The second kappa shape index (κ2) is 5.99. The summed E-state index contributed by atoms with van der Waals surface area (Å²) in [4.78, 5) is 1.27. The molecule has 0 aliphatic heterocycles. The third kappa shape index (κ3) is 3.42. The lowest BCUT2D eigenvalue weighted by molar-refractivity contribution is 1.13. The Balaban J connectivity index is 2.04. The number of nitrogens with one attached hydrogen (secondary N) is 1. The van der Waals surface area contributed by atoms with E-state index in [1.165, 1.54) is 16.1 Å². The highest BCUT2D eigenvalue weighted by Crippen LogP contribution is 2.25. The van der Waals surface area contributed by atoms with Gasteiger partial charge in [0.1, 0.15) is 0 Å². The van der Waals surface area contributed by atoms with Gasteiger partial charge >= 0.3 is 0 Å². The lowest BCUT2D eigenvalue weighted by Gasteiger charge is -2.10. The molecule has 0 radical (unpaired) electrons. The van der Waals surface area contributed by atoms with Gasteiger partial charge in [0.2, 0.25) is 0 Å². The van der Waals surface area contributed by atoms with Crippen LogP contribution in [0, 0.1) is 0 Å². The van der Waals surface area contributed by atoms with Crippen LogP contribution in [0.15, 0.2) is 53.4 Å². The summed E-state index contributed by atoms with van der Waals surface area (Å²) in [6.45, 7) is 0.814. The summed E-state index contributed by atoms with van der Waals surface area (Å²) >= 11 is 7.60. The first-order chi connectivity index (χ1) is 8.29. The first-order valence-electron chi connectivity index (χ1n) is 5.41. The van der Waals surface area contributed by atoms with Crippen LogP contribution >= 0.6 is 23.4 Å². The van der Waals surface area contributed by atoms with Gasteiger partial charge in [0.15, 0.2) is 0 Å². The minimum Gasteiger partial charge on any atom is -0.380 e. The van der Waals surface area contributed by atoms with E-state index in [4.69, 9.17) is 11.6 Å². The maximum Gasteiger partial charge on any atom is 0.0480 e. The van der Waals surface area contributed by atoms with Gasteiger partial charge in [-0.05, 0) is 36.1 Å². The summed E-state index contributed by atoms with van der Waals surface area (Å²) < 4.78 is 0. The van der Waals surface area contributed by atoms with Crippen molar-refractivity contribution in [2.45, 2.75) is 11.4 Å². The summed E-state index contributed by atoms with van der Waals surface area (Å²) in [5.41, 5.74) is 2.40. The molecule has 0 amide bonds. The highest BCUT2D eigenvalue weighted by Gasteiger charge is 1.99. The topological polar surface area (TPSA) is 12.0 Å². The Labute approximate surface area is 111 Å². The predicted molar refractivity (Wildman–Crippen MR) is 77.0 cm³/mol. The number of benzene rings is 2. The minimum atomic E-state index is 0.776. The first kappa shape index (κ1) is 12.3. The molecule has 0 aliphatic rings. The van der Waals surface area contributed by atoms with Crippen molar-refractivity contribution in [3.8, 4) is 0 Å². The van der Waals surface area contributed by atoms with Crippen molar-refractivity contribution in [3.63, 3.8) is 0 Å². The van der Waals surface area contributed by atoms with Crippen LogP contribution in [-0.2, 0) is 6.54 Å². The van der Waals surface area contributed by atoms with Crippen molar-refractivity contribution >= 4 is 29.1 Å². The molecule has 0 saturated carbocycles. The summed E-state index contributed by atoms with van der Waals surface area (Å²) in [6.07, 6.45) is 2.09. The highest BCUT2D eigenvalue weighted by atomic mass is 35.5. The van der Waals surface area contributed by atoms with Gasteiger partial charge in [0, 0.05) is 22.2 Å². The smallest absolute Gasteiger partial charge is 0.0480 e. The van der Waals surface area contributed by atoms with Crippen LogP contribution in [0.5, 0.6) is 0 Å². The molecule has 0 atom stereocenters. The lowest BCUT2D eigenvalue weighted by Crippen LogP contribution is -2.00. The number of anilines is 1. The number of halogens is 1. The number of hydrogen-bond acceptors (Lipinski definition) is 2. The van der Waals surface area contributed by atoms with Crippen molar-refractivity contribution in [1.82, 2.24) is 0 Å². The van der Waals surface area contributed by atoms with Crippen LogP contribution < -0.4 is 5.32 Å². The van der Waals surface area contributed by atoms with Gasteiger partial charge in [-0.3, -0.25) is 0 Å². The molecule has 88 valence electrons. The van der Waals surface area contributed by atoms with Crippen molar-refractivity contribution in [1.29, 1.82) is 0 Å². The highest BCUT2D eigenvalue weighted by molar-refractivity contribution is 7.98. The average Bonchev–Trinajstić information content (AvgIpc) is 2.38. The fourth-order valence-electron chi connectivity index (χ4n) is 1.59. The largest absolute Gasteiger partial charge is 0.380 e. The minimum absolute atomic E-state index is 0.776. The zero-order chi connectivity index (χ0) is 12.1. The van der Waals surface area contributed by atoms with E-state index >= 15 is 0 Å². The normalized spacial score (nSPS) is 10.2. The van der Waals surface area contributed by atoms with Crippen LogP contribution in [0.2, 0.25) is 5.02 Å². The number of hydrogen-bond donors (Lipinski definition) is 1. The zero-order valence-electron chi connectivity index (χ0n) is 9.61. The number of thioether (sulfide) groups is 1. The molecule has 0 fully saturated rings. The molecule has 0 bridgehead atoms. The van der Waals surface area contributed by atoms with E-state index in [1.807, 2.05) is 30.3 Å². The Morgan fingerprint density at radius 3 is 2.47 bits per heavy atom. The second-order valence-corrected chi connectivity index (χ2v) is 4.96. The lowest BCUT2D eigenvalue weighted by atomic mass is 10.2. The summed E-state index contributed by atoms with van der Waals surface area (Å²) in [6, 6.07) is 16.2. The standard InChI is InChI=1S/C14H14ClNS/c1-17-14-5-3-2-4-13(14)16-10-11-6-8-12(15)9-7-11/h2-9,16H,10H2,1H3. The Hall–Kier alpha value is -1.12. The fraction of sp³-hybridized carbons (Fsp3) is 0.143. The van der Waals surface area contributed by atoms with Crippen LogP contribution in [0.25, 0.3) is 0 Å². The third-order valence-electron chi connectivity index (χ3n) is 2.50. The molecule has 0 unspecified atom stereocenters. The van der Waals surface area contributed by atoms with Crippen LogP contribution in [-0.4, -0.2) is 6.26 Å². The van der Waals surface area contributed by atoms with E-state index in [-0.39, 0.29) is 0 Å². The van der Waals surface area contributed by atoms with Gasteiger partial charge in [-0.2, -0.15) is 0 Å². The van der Waals surface area contributed by atoms with Crippen LogP contribution in [0.3, 0.4) is 0 Å². The number of para-hydroxylation sites is 1. The Morgan fingerprint density at radius 1 is 1.06 bits per heavy atom.